The lowest BCUT2D eigenvalue weighted by molar-refractivity contribution is -0.384. The van der Waals surface area contributed by atoms with E-state index in [-0.39, 0.29) is 17.9 Å². The molecule has 1 aromatic carbocycles. The maximum atomic E-state index is 13.6. The molecule has 0 saturated carbocycles. The second kappa shape index (κ2) is 6.42. The number of nitro groups is 1. The van der Waals surface area contributed by atoms with Crippen molar-refractivity contribution in [3.63, 3.8) is 0 Å². The van der Waals surface area contributed by atoms with Gasteiger partial charge in [-0.1, -0.05) is 13.8 Å². The Kier molecular flexibility index (Phi) is 5.15. The number of amides is 1. The molecule has 0 heterocycles. The van der Waals surface area contributed by atoms with Gasteiger partial charge in [0.15, 0.2) is 0 Å². The number of hydrogen-bond donors (Lipinski definition) is 2. The molecule has 0 atom stereocenters. The van der Waals surface area contributed by atoms with E-state index in [0.29, 0.717) is 12.8 Å². The van der Waals surface area contributed by atoms with Crippen molar-refractivity contribution in [3.8, 4) is 0 Å². The van der Waals surface area contributed by atoms with E-state index in [1.807, 2.05) is 13.8 Å². The maximum absolute atomic E-state index is 13.6. The molecule has 6 nitrogen and oxygen atoms in total. The molecule has 1 aromatic rings. The first-order chi connectivity index (χ1) is 9.40. The van der Waals surface area contributed by atoms with Crippen LogP contribution in [0.3, 0.4) is 0 Å². The Morgan fingerprint density at radius 3 is 2.50 bits per heavy atom. The van der Waals surface area contributed by atoms with Gasteiger partial charge in [0.25, 0.3) is 5.69 Å². The molecule has 0 fully saturated rings. The van der Waals surface area contributed by atoms with Gasteiger partial charge in [0.05, 0.1) is 16.0 Å². The number of anilines is 1. The molecule has 1 amide bonds. The van der Waals surface area contributed by atoms with Gasteiger partial charge in [0.1, 0.15) is 5.82 Å². The fourth-order valence-corrected chi connectivity index (χ4v) is 1.93. The molecule has 0 aliphatic heterocycles. The summed E-state index contributed by atoms with van der Waals surface area (Å²) >= 11 is 0. The van der Waals surface area contributed by atoms with Crippen molar-refractivity contribution in [1.29, 1.82) is 0 Å². The Morgan fingerprint density at radius 2 is 2.05 bits per heavy atom. The Hall–Kier alpha value is -2.02. The van der Waals surface area contributed by atoms with E-state index in [0.717, 1.165) is 18.2 Å². The lowest BCUT2D eigenvalue weighted by Crippen LogP contribution is -2.41. The number of nitrogens with zero attached hydrogens (tertiary/aromatic N) is 1. The van der Waals surface area contributed by atoms with Crippen molar-refractivity contribution >= 4 is 17.3 Å². The van der Waals surface area contributed by atoms with Gasteiger partial charge in [-0.25, -0.2) is 4.39 Å². The number of non-ortho nitro benzene ring substituents is 1. The molecule has 0 aromatic heterocycles. The first-order valence-corrected chi connectivity index (χ1v) is 6.35. The van der Waals surface area contributed by atoms with Crippen LogP contribution in [-0.4, -0.2) is 17.4 Å². The van der Waals surface area contributed by atoms with Crippen molar-refractivity contribution in [1.82, 2.24) is 0 Å². The third kappa shape index (κ3) is 3.11. The van der Waals surface area contributed by atoms with Gasteiger partial charge in [0.2, 0.25) is 5.91 Å². The molecule has 0 unspecified atom stereocenters. The summed E-state index contributed by atoms with van der Waals surface area (Å²) < 4.78 is 13.6. The number of carbonyl (C=O) groups excluding carboxylic acids is 1. The third-order valence-corrected chi connectivity index (χ3v) is 3.63. The van der Waals surface area contributed by atoms with E-state index in [4.69, 9.17) is 5.73 Å². The molecule has 7 heteroatoms. The number of carbonyl (C=O) groups is 1. The summed E-state index contributed by atoms with van der Waals surface area (Å²) in [6, 6.07) is 3.00. The number of benzene rings is 1. The van der Waals surface area contributed by atoms with Crippen molar-refractivity contribution in [2.45, 2.75) is 26.7 Å². The number of rotatable bonds is 6. The van der Waals surface area contributed by atoms with Gasteiger partial charge in [-0.2, -0.15) is 0 Å². The van der Waals surface area contributed by atoms with Gasteiger partial charge >= 0.3 is 0 Å². The number of hydrogen-bond acceptors (Lipinski definition) is 4. The van der Waals surface area contributed by atoms with Crippen molar-refractivity contribution in [2.75, 3.05) is 11.9 Å². The molecule has 0 bridgehead atoms. The molecule has 0 saturated heterocycles. The number of nitro benzene ring substituents is 1. The molecular weight excluding hydrogens is 265 g/mol. The highest BCUT2D eigenvalue weighted by atomic mass is 19.1. The van der Waals surface area contributed by atoms with Crippen LogP contribution in [0.2, 0.25) is 0 Å². The van der Waals surface area contributed by atoms with Crippen molar-refractivity contribution in [2.24, 2.45) is 11.1 Å². The molecule has 20 heavy (non-hydrogen) atoms. The van der Waals surface area contributed by atoms with Gasteiger partial charge in [-0.3, -0.25) is 14.9 Å². The van der Waals surface area contributed by atoms with Crippen LogP contribution in [0.1, 0.15) is 26.7 Å². The van der Waals surface area contributed by atoms with Crippen LogP contribution in [0.4, 0.5) is 15.8 Å². The summed E-state index contributed by atoms with van der Waals surface area (Å²) in [6.07, 6.45) is 1.00. The number of nitrogens with one attached hydrogen (secondary N) is 1. The van der Waals surface area contributed by atoms with E-state index in [1.54, 1.807) is 0 Å². The zero-order chi connectivity index (χ0) is 15.3. The second-order valence-electron chi connectivity index (χ2n) is 4.57. The summed E-state index contributed by atoms with van der Waals surface area (Å²) in [4.78, 5) is 22.3. The minimum Gasteiger partial charge on any atom is -0.329 e. The van der Waals surface area contributed by atoms with Gasteiger partial charge in [-0.05, 0) is 18.9 Å². The minimum absolute atomic E-state index is 0.127. The number of halogens is 1. The average Bonchev–Trinajstić information content (AvgIpc) is 2.43. The van der Waals surface area contributed by atoms with Gasteiger partial charge in [-0.15, -0.1) is 0 Å². The molecule has 0 spiro atoms. The van der Waals surface area contributed by atoms with Gasteiger partial charge in [0, 0.05) is 18.7 Å². The molecule has 3 N–H and O–H groups in total. The van der Waals surface area contributed by atoms with Crippen LogP contribution < -0.4 is 11.1 Å². The van der Waals surface area contributed by atoms with E-state index < -0.39 is 22.1 Å². The highest BCUT2D eigenvalue weighted by Gasteiger charge is 2.33. The number of nitrogens with two attached hydrogens (primary N) is 1. The molecule has 110 valence electrons. The maximum Gasteiger partial charge on any atom is 0.271 e. The zero-order valence-electron chi connectivity index (χ0n) is 11.5. The fourth-order valence-electron chi connectivity index (χ4n) is 1.93. The summed E-state index contributed by atoms with van der Waals surface area (Å²) in [7, 11) is 0. The third-order valence-electron chi connectivity index (χ3n) is 3.63. The van der Waals surface area contributed by atoms with Crippen molar-refractivity contribution in [3.05, 3.63) is 34.1 Å². The van der Waals surface area contributed by atoms with Gasteiger partial charge < -0.3 is 11.1 Å². The Labute approximate surface area is 116 Å². The normalized spacial score (nSPS) is 11.2. The summed E-state index contributed by atoms with van der Waals surface area (Å²) in [6.45, 7) is 3.77. The summed E-state index contributed by atoms with van der Waals surface area (Å²) in [5.41, 5.74) is 4.35. The molecular formula is C13H18FN3O3. The Morgan fingerprint density at radius 1 is 1.45 bits per heavy atom. The molecule has 0 aliphatic rings. The predicted molar refractivity (Wildman–Crippen MR) is 73.8 cm³/mol. The van der Waals surface area contributed by atoms with E-state index in [2.05, 4.69) is 5.32 Å². The predicted octanol–water partition coefficient (Wildman–Crippen LogP) is 2.44. The first kappa shape index (κ1) is 16.0. The SMILES string of the molecule is CCC(CC)(CN)C(=O)Nc1cc([N+](=O)[O-])ccc1F. The lowest BCUT2D eigenvalue weighted by atomic mass is 9.81. The standard InChI is InChI=1S/C13H18FN3O3/c1-3-13(4-2,8-15)12(18)16-11-7-9(17(19)20)5-6-10(11)14/h5-7H,3-4,8,15H2,1-2H3,(H,16,18). The van der Waals surface area contributed by atoms with Crippen LogP contribution in [-0.2, 0) is 4.79 Å². The first-order valence-electron chi connectivity index (χ1n) is 6.35. The summed E-state index contributed by atoms with van der Waals surface area (Å²) in [5.74, 6) is -1.15. The van der Waals surface area contributed by atoms with Crippen molar-refractivity contribution < 1.29 is 14.1 Å². The van der Waals surface area contributed by atoms with Crippen LogP contribution in [0.5, 0.6) is 0 Å². The topological polar surface area (TPSA) is 98.3 Å². The second-order valence-corrected chi connectivity index (χ2v) is 4.57. The highest BCUT2D eigenvalue weighted by Crippen LogP contribution is 2.28. The molecule has 0 radical (unpaired) electrons. The average molecular weight is 283 g/mol. The molecule has 1 rings (SSSR count). The van der Waals surface area contributed by atoms with Crippen LogP contribution >= 0.6 is 0 Å². The van der Waals surface area contributed by atoms with Crippen LogP contribution in [0.25, 0.3) is 0 Å². The smallest absolute Gasteiger partial charge is 0.271 e. The van der Waals surface area contributed by atoms with E-state index in [9.17, 15) is 19.3 Å². The zero-order valence-corrected chi connectivity index (χ0v) is 11.5. The Bertz CT molecular complexity index is 507. The highest BCUT2D eigenvalue weighted by molar-refractivity contribution is 5.95. The lowest BCUT2D eigenvalue weighted by Gasteiger charge is -2.28. The van der Waals surface area contributed by atoms with E-state index >= 15 is 0 Å². The Balaban J connectivity index is 3.06. The quantitative estimate of drug-likeness (QED) is 0.618. The fraction of sp³-hybridized carbons (Fsp3) is 0.462. The van der Waals surface area contributed by atoms with E-state index in [1.165, 1.54) is 0 Å². The molecule has 0 aliphatic carbocycles. The minimum atomic E-state index is -0.795. The monoisotopic (exact) mass is 283 g/mol. The van der Waals surface area contributed by atoms with Crippen LogP contribution in [0.15, 0.2) is 18.2 Å². The van der Waals surface area contributed by atoms with Crippen LogP contribution in [0, 0.1) is 21.3 Å². The summed E-state index contributed by atoms with van der Waals surface area (Å²) in [5, 5.41) is 13.1. The largest absolute Gasteiger partial charge is 0.329 e.